The Morgan fingerprint density at radius 3 is 2.41 bits per heavy atom. The van der Waals surface area contributed by atoms with Crippen LogP contribution in [0, 0.1) is 23.7 Å². The van der Waals surface area contributed by atoms with Crippen molar-refractivity contribution in [3.8, 4) is 0 Å². The minimum absolute atomic E-state index is 0.284. The molecular formula is C19H31NO2. The Kier molecular flexibility index (Phi) is 6.42. The Balaban J connectivity index is 1.91. The summed E-state index contributed by atoms with van der Waals surface area (Å²) in [7, 11) is 0. The van der Waals surface area contributed by atoms with Crippen molar-refractivity contribution < 1.29 is 10.2 Å². The Morgan fingerprint density at radius 1 is 1.09 bits per heavy atom. The number of aliphatic hydroxyl groups is 2. The van der Waals surface area contributed by atoms with Crippen LogP contribution in [0.15, 0.2) is 30.3 Å². The quantitative estimate of drug-likeness (QED) is 0.707. The van der Waals surface area contributed by atoms with Crippen LogP contribution in [0.3, 0.4) is 0 Å². The maximum absolute atomic E-state index is 10.6. The van der Waals surface area contributed by atoms with E-state index in [1.54, 1.807) is 0 Å². The third-order valence-electron chi connectivity index (χ3n) is 5.18. The molecule has 3 heteroatoms. The van der Waals surface area contributed by atoms with Crippen LogP contribution < -0.4 is 5.32 Å². The lowest BCUT2D eigenvalue weighted by molar-refractivity contribution is -0.0110. The van der Waals surface area contributed by atoms with E-state index in [9.17, 15) is 10.2 Å². The zero-order valence-electron chi connectivity index (χ0n) is 14.1. The molecule has 124 valence electrons. The lowest BCUT2D eigenvalue weighted by Crippen LogP contribution is -2.45. The summed E-state index contributed by atoms with van der Waals surface area (Å²) in [5.41, 5.74) is 0.889. The summed E-state index contributed by atoms with van der Waals surface area (Å²) < 4.78 is 0. The maximum Gasteiger partial charge on any atom is 0.108 e. The molecule has 0 amide bonds. The molecule has 1 aliphatic rings. The monoisotopic (exact) mass is 305 g/mol. The molecule has 3 nitrogen and oxygen atoms in total. The fourth-order valence-electron chi connectivity index (χ4n) is 3.82. The molecule has 1 saturated carbocycles. The molecular weight excluding hydrogens is 274 g/mol. The molecule has 0 saturated heterocycles. The fourth-order valence-corrected chi connectivity index (χ4v) is 3.82. The van der Waals surface area contributed by atoms with Crippen molar-refractivity contribution in [1.82, 2.24) is 5.32 Å². The van der Waals surface area contributed by atoms with Gasteiger partial charge in [0.1, 0.15) is 6.23 Å². The SMILES string of the molecule is CC(C)[C@@H]1CC[C@@H](C)C[C@H]1C(O)NC[C@@H](O)c1ccccc1. The summed E-state index contributed by atoms with van der Waals surface area (Å²) in [5.74, 6) is 2.11. The van der Waals surface area contributed by atoms with E-state index in [1.165, 1.54) is 12.8 Å². The van der Waals surface area contributed by atoms with Crippen molar-refractivity contribution in [3.05, 3.63) is 35.9 Å². The average molecular weight is 305 g/mol. The standard InChI is InChI=1S/C19H31NO2/c1-13(2)16-10-9-14(3)11-17(16)19(22)20-12-18(21)15-7-5-4-6-8-15/h4-8,13-14,16-22H,9-12H2,1-3H3/t14-,16+,17-,18-,19?/m1/s1. The molecule has 1 fully saturated rings. The summed E-state index contributed by atoms with van der Waals surface area (Å²) in [6, 6.07) is 9.62. The normalized spacial score (nSPS) is 28.5. The molecule has 0 radical (unpaired) electrons. The van der Waals surface area contributed by atoms with Gasteiger partial charge in [-0.2, -0.15) is 0 Å². The van der Waals surface area contributed by atoms with Gasteiger partial charge in [-0.1, -0.05) is 57.5 Å². The van der Waals surface area contributed by atoms with Crippen LogP contribution in [-0.2, 0) is 0 Å². The number of hydrogen-bond donors (Lipinski definition) is 3. The van der Waals surface area contributed by atoms with E-state index in [4.69, 9.17) is 0 Å². The fraction of sp³-hybridized carbons (Fsp3) is 0.684. The van der Waals surface area contributed by atoms with Crippen LogP contribution in [0.25, 0.3) is 0 Å². The minimum Gasteiger partial charge on any atom is -0.387 e. The van der Waals surface area contributed by atoms with E-state index in [1.807, 2.05) is 30.3 Å². The molecule has 1 aromatic rings. The Hall–Kier alpha value is -0.900. The highest BCUT2D eigenvalue weighted by Gasteiger charge is 2.35. The highest BCUT2D eigenvalue weighted by Crippen LogP contribution is 2.39. The minimum atomic E-state index is -0.575. The van der Waals surface area contributed by atoms with Crippen molar-refractivity contribution in [3.63, 3.8) is 0 Å². The van der Waals surface area contributed by atoms with Gasteiger partial charge in [-0.15, -0.1) is 0 Å². The summed E-state index contributed by atoms with van der Waals surface area (Å²) >= 11 is 0. The van der Waals surface area contributed by atoms with Crippen LogP contribution >= 0.6 is 0 Å². The third-order valence-corrected chi connectivity index (χ3v) is 5.18. The van der Waals surface area contributed by atoms with Gasteiger partial charge in [0.2, 0.25) is 0 Å². The molecule has 3 N–H and O–H groups in total. The number of rotatable bonds is 6. The first-order valence-corrected chi connectivity index (χ1v) is 8.63. The second-order valence-electron chi connectivity index (χ2n) is 7.27. The van der Waals surface area contributed by atoms with E-state index in [2.05, 4.69) is 26.1 Å². The highest BCUT2D eigenvalue weighted by molar-refractivity contribution is 5.17. The molecule has 1 aromatic carbocycles. The van der Waals surface area contributed by atoms with Gasteiger partial charge < -0.3 is 10.2 Å². The summed E-state index contributed by atoms with van der Waals surface area (Å²) in [4.78, 5) is 0. The highest BCUT2D eigenvalue weighted by atomic mass is 16.3. The van der Waals surface area contributed by atoms with Crippen LogP contribution in [-0.4, -0.2) is 23.0 Å². The molecule has 1 aliphatic carbocycles. The van der Waals surface area contributed by atoms with E-state index in [-0.39, 0.29) is 5.92 Å². The molecule has 2 rings (SSSR count). The van der Waals surface area contributed by atoms with Crippen LogP contribution in [0.1, 0.15) is 51.7 Å². The maximum atomic E-state index is 10.6. The number of benzene rings is 1. The Morgan fingerprint density at radius 2 is 1.77 bits per heavy atom. The molecule has 0 aromatic heterocycles. The predicted octanol–water partition coefficient (Wildman–Crippen LogP) is 3.34. The van der Waals surface area contributed by atoms with Crippen LogP contribution in [0.4, 0.5) is 0 Å². The lowest BCUT2D eigenvalue weighted by Gasteiger charge is -2.40. The van der Waals surface area contributed by atoms with Gasteiger partial charge >= 0.3 is 0 Å². The van der Waals surface area contributed by atoms with Gasteiger partial charge in [0.25, 0.3) is 0 Å². The first-order chi connectivity index (χ1) is 10.5. The van der Waals surface area contributed by atoms with Gasteiger partial charge in [0, 0.05) is 12.5 Å². The zero-order valence-corrected chi connectivity index (χ0v) is 14.1. The van der Waals surface area contributed by atoms with Gasteiger partial charge in [-0.05, 0) is 36.2 Å². The lowest BCUT2D eigenvalue weighted by atomic mass is 9.69. The molecule has 0 heterocycles. The van der Waals surface area contributed by atoms with E-state index in [0.29, 0.717) is 24.3 Å². The second-order valence-corrected chi connectivity index (χ2v) is 7.27. The van der Waals surface area contributed by atoms with Crippen molar-refractivity contribution in [2.24, 2.45) is 23.7 Å². The van der Waals surface area contributed by atoms with E-state index in [0.717, 1.165) is 12.0 Å². The average Bonchev–Trinajstić information content (AvgIpc) is 2.52. The Labute approximate surface area is 134 Å². The predicted molar refractivity (Wildman–Crippen MR) is 90.2 cm³/mol. The van der Waals surface area contributed by atoms with Crippen LogP contribution in [0.5, 0.6) is 0 Å². The molecule has 0 bridgehead atoms. The van der Waals surface area contributed by atoms with Gasteiger partial charge in [0.15, 0.2) is 0 Å². The smallest absolute Gasteiger partial charge is 0.108 e. The first kappa shape index (κ1) is 17.5. The van der Waals surface area contributed by atoms with Crippen LogP contribution in [0.2, 0.25) is 0 Å². The second kappa shape index (κ2) is 8.09. The largest absolute Gasteiger partial charge is 0.387 e. The van der Waals surface area contributed by atoms with Gasteiger partial charge in [-0.25, -0.2) is 0 Å². The number of aliphatic hydroxyl groups excluding tert-OH is 2. The molecule has 5 atom stereocenters. The molecule has 0 spiro atoms. The zero-order chi connectivity index (χ0) is 16.1. The molecule has 1 unspecified atom stereocenters. The molecule has 0 aliphatic heterocycles. The van der Waals surface area contributed by atoms with Crippen molar-refractivity contribution in [2.45, 2.75) is 52.4 Å². The number of nitrogens with one attached hydrogen (secondary N) is 1. The van der Waals surface area contributed by atoms with Crippen molar-refractivity contribution in [1.29, 1.82) is 0 Å². The molecule has 22 heavy (non-hydrogen) atoms. The first-order valence-electron chi connectivity index (χ1n) is 8.63. The summed E-state index contributed by atoms with van der Waals surface area (Å²) in [6.07, 6.45) is 2.42. The van der Waals surface area contributed by atoms with E-state index < -0.39 is 12.3 Å². The topological polar surface area (TPSA) is 52.5 Å². The summed E-state index contributed by atoms with van der Waals surface area (Å²) in [5, 5.41) is 24.0. The number of hydrogen-bond acceptors (Lipinski definition) is 3. The third kappa shape index (κ3) is 4.55. The summed E-state index contributed by atoms with van der Waals surface area (Å²) in [6.45, 7) is 7.16. The van der Waals surface area contributed by atoms with Gasteiger partial charge in [-0.3, -0.25) is 5.32 Å². The van der Waals surface area contributed by atoms with E-state index >= 15 is 0 Å². The van der Waals surface area contributed by atoms with Crippen molar-refractivity contribution in [2.75, 3.05) is 6.54 Å². The van der Waals surface area contributed by atoms with Gasteiger partial charge in [0.05, 0.1) is 6.10 Å². The van der Waals surface area contributed by atoms with Crippen molar-refractivity contribution >= 4 is 0 Å². The Bertz CT molecular complexity index is 434.